The summed E-state index contributed by atoms with van der Waals surface area (Å²) in [6.07, 6.45) is 1.20. The van der Waals surface area contributed by atoms with Crippen molar-refractivity contribution in [2.75, 3.05) is 17.6 Å². The van der Waals surface area contributed by atoms with E-state index in [0.717, 1.165) is 22.2 Å². The number of aliphatic hydroxyl groups excluding tert-OH is 1. The Bertz CT molecular complexity index is 712. The van der Waals surface area contributed by atoms with Gasteiger partial charge in [-0.1, -0.05) is 12.1 Å². The van der Waals surface area contributed by atoms with Crippen LogP contribution in [0.4, 0.5) is 11.4 Å². The highest BCUT2D eigenvalue weighted by molar-refractivity contribution is 7.07. The first kappa shape index (κ1) is 12.9. The van der Waals surface area contributed by atoms with Gasteiger partial charge in [-0.25, -0.2) is 0 Å². The molecule has 4 N–H and O–H groups in total. The fourth-order valence-electron chi connectivity index (χ4n) is 2.14. The lowest BCUT2D eigenvalue weighted by Gasteiger charge is -2.13. The molecule has 0 saturated heterocycles. The van der Waals surface area contributed by atoms with Gasteiger partial charge in [0, 0.05) is 23.8 Å². The molecule has 0 radical (unpaired) electrons. The quantitative estimate of drug-likeness (QED) is 0.644. The summed E-state index contributed by atoms with van der Waals surface area (Å²) in [5.74, 6) is 0. The standard InChI is InChI=1S/C15H15N3OS/c16-12-3-1-2-11-13(4-6-17-15(11)12)18-8-14(19)10-5-7-20-9-10/h1-7,9,14,19H,8,16H2,(H,17,18). The van der Waals surface area contributed by atoms with Crippen LogP contribution >= 0.6 is 11.3 Å². The Balaban J connectivity index is 1.83. The third-order valence-corrected chi connectivity index (χ3v) is 3.92. The van der Waals surface area contributed by atoms with Crippen molar-refractivity contribution in [1.29, 1.82) is 0 Å². The molecular formula is C15H15N3OS. The lowest BCUT2D eigenvalue weighted by Crippen LogP contribution is -2.11. The Hall–Kier alpha value is -2.11. The van der Waals surface area contributed by atoms with Gasteiger partial charge in [-0.15, -0.1) is 0 Å². The molecule has 2 aromatic heterocycles. The monoisotopic (exact) mass is 285 g/mol. The number of nitrogens with one attached hydrogen (secondary N) is 1. The molecule has 0 amide bonds. The molecule has 20 heavy (non-hydrogen) atoms. The Labute approximate surface area is 120 Å². The number of pyridine rings is 1. The Morgan fingerprint density at radius 3 is 3.00 bits per heavy atom. The van der Waals surface area contributed by atoms with E-state index in [1.807, 2.05) is 41.1 Å². The molecule has 1 aromatic carbocycles. The number of nitrogen functional groups attached to an aromatic ring is 1. The minimum absolute atomic E-state index is 0.449. The maximum absolute atomic E-state index is 10.1. The molecule has 5 heteroatoms. The maximum Gasteiger partial charge on any atom is 0.0970 e. The van der Waals surface area contributed by atoms with Gasteiger partial charge in [0.1, 0.15) is 0 Å². The van der Waals surface area contributed by atoms with E-state index in [1.165, 1.54) is 0 Å². The van der Waals surface area contributed by atoms with Crippen molar-refractivity contribution in [1.82, 2.24) is 4.98 Å². The molecular weight excluding hydrogens is 270 g/mol. The number of thiophene rings is 1. The van der Waals surface area contributed by atoms with Crippen molar-refractivity contribution < 1.29 is 5.11 Å². The molecule has 0 spiro atoms. The minimum Gasteiger partial charge on any atom is -0.397 e. The van der Waals surface area contributed by atoms with Crippen molar-refractivity contribution in [2.24, 2.45) is 0 Å². The fourth-order valence-corrected chi connectivity index (χ4v) is 2.85. The van der Waals surface area contributed by atoms with Gasteiger partial charge in [-0.05, 0) is 34.5 Å². The van der Waals surface area contributed by atoms with E-state index in [9.17, 15) is 5.11 Å². The summed E-state index contributed by atoms with van der Waals surface area (Å²) in [5, 5.41) is 18.2. The first-order valence-corrected chi connectivity index (χ1v) is 7.27. The van der Waals surface area contributed by atoms with E-state index < -0.39 is 6.10 Å². The molecule has 2 heterocycles. The summed E-state index contributed by atoms with van der Waals surface area (Å²) in [6.45, 7) is 0.449. The molecule has 0 bridgehead atoms. The van der Waals surface area contributed by atoms with Crippen molar-refractivity contribution in [3.05, 3.63) is 52.9 Å². The average molecular weight is 285 g/mol. The highest BCUT2D eigenvalue weighted by Gasteiger charge is 2.09. The molecule has 4 nitrogen and oxygen atoms in total. The number of hydrogen-bond donors (Lipinski definition) is 3. The van der Waals surface area contributed by atoms with Crippen LogP contribution in [0.5, 0.6) is 0 Å². The van der Waals surface area contributed by atoms with Crippen molar-refractivity contribution in [3.63, 3.8) is 0 Å². The van der Waals surface area contributed by atoms with E-state index in [2.05, 4.69) is 10.3 Å². The minimum atomic E-state index is -0.523. The van der Waals surface area contributed by atoms with Crippen molar-refractivity contribution in [2.45, 2.75) is 6.10 Å². The van der Waals surface area contributed by atoms with Gasteiger partial charge >= 0.3 is 0 Å². The van der Waals surface area contributed by atoms with Gasteiger partial charge in [-0.2, -0.15) is 11.3 Å². The number of fused-ring (bicyclic) bond motifs is 1. The summed E-state index contributed by atoms with van der Waals surface area (Å²) < 4.78 is 0. The molecule has 0 aliphatic heterocycles. The third kappa shape index (κ3) is 2.45. The second-order valence-electron chi connectivity index (χ2n) is 4.56. The number of nitrogens with two attached hydrogens (primary N) is 1. The molecule has 3 rings (SSSR count). The smallest absolute Gasteiger partial charge is 0.0970 e. The number of para-hydroxylation sites is 1. The Kier molecular flexibility index (Phi) is 3.54. The Morgan fingerprint density at radius 2 is 2.20 bits per heavy atom. The van der Waals surface area contributed by atoms with Gasteiger partial charge in [-0.3, -0.25) is 4.98 Å². The van der Waals surface area contributed by atoms with Gasteiger partial charge in [0.2, 0.25) is 0 Å². The zero-order chi connectivity index (χ0) is 13.9. The van der Waals surface area contributed by atoms with Gasteiger partial charge < -0.3 is 16.2 Å². The second-order valence-corrected chi connectivity index (χ2v) is 5.34. The highest BCUT2D eigenvalue weighted by Crippen LogP contribution is 2.26. The maximum atomic E-state index is 10.1. The van der Waals surface area contributed by atoms with E-state index in [-0.39, 0.29) is 0 Å². The normalized spacial score (nSPS) is 12.4. The molecule has 1 unspecified atom stereocenters. The van der Waals surface area contributed by atoms with Crippen molar-refractivity contribution in [3.8, 4) is 0 Å². The van der Waals surface area contributed by atoms with Crippen LogP contribution in [0.3, 0.4) is 0 Å². The summed E-state index contributed by atoms with van der Waals surface area (Å²) in [6, 6.07) is 9.53. The lowest BCUT2D eigenvalue weighted by atomic mass is 10.1. The fraction of sp³-hybridized carbons (Fsp3) is 0.133. The summed E-state index contributed by atoms with van der Waals surface area (Å²) in [4.78, 5) is 4.29. The largest absolute Gasteiger partial charge is 0.397 e. The molecule has 3 aromatic rings. The predicted octanol–water partition coefficient (Wildman–Crippen LogP) is 3.02. The van der Waals surface area contributed by atoms with Crippen LogP contribution < -0.4 is 11.1 Å². The summed E-state index contributed by atoms with van der Waals surface area (Å²) in [7, 11) is 0. The molecule has 0 aliphatic rings. The van der Waals surface area contributed by atoms with E-state index in [0.29, 0.717) is 12.2 Å². The van der Waals surface area contributed by atoms with Gasteiger partial charge in [0.15, 0.2) is 0 Å². The van der Waals surface area contributed by atoms with Crippen LogP contribution in [0.2, 0.25) is 0 Å². The number of benzene rings is 1. The number of rotatable bonds is 4. The van der Waals surface area contributed by atoms with Crippen LogP contribution in [0.25, 0.3) is 10.9 Å². The molecule has 0 saturated carbocycles. The average Bonchev–Trinajstić information content (AvgIpc) is 2.99. The first-order valence-electron chi connectivity index (χ1n) is 6.33. The van der Waals surface area contributed by atoms with Gasteiger partial charge in [0.05, 0.1) is 17.3 Å². The SMILES string of the molecule is Nc1cccc2c(NCC(O)c3ccsc3)ccnc12. The summed E-state index contributed by atoms with van der Waals surface area (Å²) >= 11 is 1.58. The topological polar surface area (TPSA) is 71.2 Å². The highest BCUT2D eigenvalue weighted by atomic mass is 32.1. The van der Waals surface area contributed by atoms with Gasteiger partial charge in [0.25, 0.3) is 0 Å². The molecule has 102 valence electrons. The van der Waals surface area contributed by atoms with Crippen LogP contribution in [0, 0.1) is 0 Å². The van der Waals surface area contributed by atoms with E-state index in [1.54, 1.807) is 17.5 Å². The van der Waals surface area contributed by atoms with E-state index in [4.69, 9.17) is 5.73 Å². The molecule has 0 aliphatic carbocycles. The zero-order valence-electron chi connectivity index (χ0n) is 10.8. The number of aliphatic hydroxyl groups is 1. The van der Waals surface area contributed by atoms with Crippen LogP contribution in [0.1, 0.15) is 11.7 Å². The van der Waals surface area contributed by atoms with Crippen LogP contribution in [-0.4, -0.2) is 16.6 Å². The van der Waals surface area contributed by atoms with Crippen LogP contribution in [0.15, 0.2) is 47.3 Å². The molecule has 1 atom stereocenters. The number of aromatic nitrogens is 1. The Morgan fingerprint density at radius 1 is 1.30 bits per heavy atom. The summed E-state index contributed by atoms with van der Waals surface area (Å²) in [5.41, 5.74) is 9.22. The number of nitrogens with zero attached hydrogens (tertiary/aromatic N) is 1. The number of hydrogen-bond acceptors (Lipinski definition) is 5. The van der Waals surface area contributed by atoms with Crippen molar-refractivity contribution >= 4 is 33.6 Å². The zero-order valence-corrected chi connectivity index (χ0v) is 11.6. The second kappa shape index (κ2) is 5.48. The molecule has 0 fully saturated rings. The first-order chi connectivity index (χ1) is 9.75. The van der Waals surface area contributed by atoms with E-state index >= 15 is 0 Å². The number of anilines is 2. The third-order valence-electron chi connectivity index (χ3n) is 3.22. The van der Waals surface area contributed by atoms with Crippen LogP contribution in [-0.2, 0) is 0 Å². The lowest BCUT2D eigenvalue weighted by molar-refractivity contribution is 0.192. The predicted molar refractivity (Wildman–Crippen MR) is 83.9 cm³/mol.